The molecule has 140 valence electrons. The van der Waals surface area contributed by atoms with Gasteiger partial charge in [-0.15, -0.1) is 0 Å². The number of amides is 1. The van der Waals surface area contributed by atoms with Crippen LogP contribution in [0.4, 0.5) is 8.78 Å². The van der Waals surface area contributed by atoms with E-state index >= 15 is 0 Å². The average Bonchev–Trinajstić information content (AvgIpc) is 2.62. The third-order valence-corrected chi connectivity index (χ3v) is 3.62. The summed E-state index contributed by atoms with van der Waals surface area (Å²) >= 11 is 5.77. The molecule has 8 heteroatoms. The molecule has 0 atom stereocenters. The molecule has 2 rings (SSSR count). The largest absolute Gasteiger partial charge is 0.493 e. The Balaban J connectivity index is 1.77. The molecular weight excluding hydrogens is 368 g/mol. The van der Waals surface area contributed by atoms with Crippen LogP contribution in [0, 0.1) is 0 Å². The van der Waals surface area contributed by atoms with Gasteiger partial charge in [-0.25, -0.2) is 0 Å². The first-order chi connectivity index (χ1) is 12.5. The van der Waals surface area contributed by atoms with E-state index in [1.54, 1.807) is 36.4 Å². The monoisotopic (exact) mass is 385 g/mol. The van der Waals surface area contributed by atoms with Crippen LogP contribution in [0.3, 0.4) is 0 Å². The highest BCUT2D eigenvalue weighted by Gasteiger charge is 2.11. The third-order valence-electron chi connectivity index (χ3n) is 3.36. The van der Waals surface area contributed by atoms with Crippen LogP contribution < -0.4 is 19.5 Å². The van der Waals surface area contributed by atoms with Crippen LogP contribution >= 0.6 is 11.6 Å². The fourth-order valence-corrected chi connectivity index (χ4v) is 2.26. The first-order valence-electron chi connectivity index (χ1n) is 7.74. The van der Waals surface area contributed by atoms with Gasteiger partial charge in [0.1, 0.15) is 5.75 Å². The third kappa shape index (κ3) is 6.40. The van der Waals surface area contributed by atoms with Crippen LogP contribution in [-0.4, -0.2) is 32.8 Å². The van der Waals surface area contributed by atoms with Crippen LogP contribution in [0.1, 0.15) is 5.56 Å². The van der Waals surface area contributed by atoms with E-state index in [2.05, 4.69) is 10.1 Å². The second-order valence-electron chi connectivity index (χ2n) is 5.21. The van der Waals surface area contributed by atoms with Gasteiger partial charge < -0.3 is 19.5 Å². The second-order valence-corrected chi connectivity index (χ2v) is 5.64. The van der Waals surface area contributed by atoms with Gasteiger partial charge >= 0.3 is 6.61 Å². The standard InChI is InChI=1S/C18H18ClF2NO4/c1-24-16-10-12(2-7-15(16)26-18(20)21)8-9-22-17(23)11-25-14-5-3-13(19)4-6-14/h2-7,10,18H,8-9,11H2,1H3,(H,22,23). The van der Waals surface area contributed by atoms with E-state index < -0.39 is 6.61 Å². The normalized spacial score (nSPS) is 10.5. The van der Waals surface area contributed by atoms with Crippen molar-refractivity contribution in [2.75, 3.05) is 20.3 Å². The molecule has 0 radical (unpaired) electrons. The fraction of sp³-hybridized carbons (Fsp3) is 0.278. The molecule has 0 fully saturated rings. The van der Waals surface area contributed by atoms with Gasteiger partial charge in [-0.3, -0.25) is 4.79 Å². The lowest BCUT2D eigenvalue weighted by Gasteiger charge is -2.12. The molecule has 2 aromatic carbocycles. The van der Waals surface area contributed by atoms with Crippen molar-refractivity contribution in [2.45, 2.75) is 13.0 Å². The average molecular weight is 386 g/mol. The van der Waals surface area contributed by atoms with Gasteiger partial charge in [0, 0.05) is 11.6 Å². The summed E-state index contributed by atoms with van der Waals surface area (Å²) in [7, 11) is 1.37. The maximum Gasteiger partial charge on any atom is 0.387 e. The van der Waals surface area contributed by atoms with Crippen molar-refractivity contribution in [3.63, 3.8) is 0 Å². The van der Waals surface area contributed by atoms with Gasteiger partial charge in [-0.1, -0.05) is 17.7 Å². The quantitative estimate of drug-likeness (QED) is 0.715. The smallest absolute Gasteiger partial charge is 0.387 e. The van der Waals surface area contributed by atoms with Crippen LogP contribution in [0.25, 0.3) is 0 Å². The predicted octanol–water partition coefficient (Wildman–Crippen LogP) is 3.69. The zero-order chi connectivity index (χ0) is 18.9. The molecule has 5 nitrogen and oxygen atoms in total. The zero-order valence-electron chi connectivity index (χ0n) is 14.0. The number of carbonyl (C=O) groups excluding carboxylic acids is 1. The summed E-state index contributed by atoms with van der Waals surface area (Å²) in [5, 5.41) is 3.30. The Hall–Kier alpha value is -2.54. The summed E-state index contributed by atoms with van der Waals surface area (Å²) in [6.45, 7) is -2.68. The Labute approximate surface area is 154 Å². The number of carbonyl (C=O) groups is 1. The maximum absolute atomic E-state index is 12.3. The molecule has 26 heavy (non-hydrogen) atoms. The molecule has 0 bridgehead atoms. The van der Waals surface area contributed by atoms with Gasteiger partial charge in [0.2, 0.25) is 0 Å². The second kappa shape index (κ2) is 9.82. The fourth-order valence-electron chi connectivity index (χ4n) is 2.14. The van der Waals surface area contributed by atoms with Gasteiger partial charge in [0.15, 0.2) is 18.1 Å². The van der Waals surface area contributed by atoms with E-state index in [9.17, 15) is 13.6 Å². The minimum Gasteiger partial charge on any atom is -0.493 e. The Morgan fingerprint density at radius 1 is 1.15 bits per heavy atom. The highest BCUT2D eigenvalue weighted by atomic mass is 35.5. The van der Waals surface area contributed by atoms with Crippen molar-refractivity contribution in [3.8, 4) is 17.2 Å². The molecule has 0 aliphatic carbocycles. The van der Waals surface area contributed by atoms with Crippen LogP contribution in [-0.2, 0) is 11.2 Å². The Morgan fingerprint density at radius 3 is 2.54 bits per heavy atom. The lowest BCUT2D eigenvalue weighted by Crippen LogP contribution is -2.30. The minimum atomic E-state index is -2.92. The molecule has 0 heterocycles. The van der Waals surface area contributed by atoms with E-state index in [0.717, 1.165) is 5.56 Å². The van der Waals surface area contributed by atoms with Crippen molar-refractivity contribution in [1.82, 2.24) is 5.32 Å². The van der Waals surface area contributed by atoms with E-state index in [0.29, 0.717) is 23.7 Å². The van der Waals surface area contributed by atoms with E-state index in [4.69, 9.17) is 21.1 Å². The predicted molar refractivity (Wildman–Crippen MR) is 93.3 cm³/mol. The Kier molecular flexibility index (Phi) is 7.47. The van der Waals surface area contributed by atoms with Crippen molar-refractivity contribution in [2.24, 2.45) is 0 Å². The number of methoxy groups -OCH3 is 1. The molecule has 2 aromatic rings. The number of hydrogen-bond donors (Lipinski definition) is 1. The summed E-state index contributed by atoms with van der Waals surface area (Å²) in [4.78, 5) is 11.8. The van der Waals surface area contributed by atoms with E-state index in [1.807, 2.05) is 0 Å². The molecule has 0 unspecified atom stereocenters. The van der Waals surface area contributed by atoms with Crippen LogP contribution in [0.15, 0.2) is 42.5 Å². The van der Waals surface area contributed by atoms with Crippen LogP contribution in [0.5, 0.6) is 17.2 Å². The van der Waals surface area contributed by atoms with Crippen molar-refractivity contribution in [1.29, 1.82) is 0 Å². The molecule has 0 saturated heterocycles. The summed E-state index contributed by atoms with van der Waals surface area (Å²) in [5.74, 6) is 0.445. The van der Waals surface area contributed by atoms with Crippen LogP contribution in [0.2, 0.25) is 5.02 Å². The van der Waals surface area contributed by atoms with Gasteiger partial charge in [-0.05, 0) is 48.4 Å². The number of nitrogens with one attached hydrogen (secondary N) is 1. The van der Waals surface area contributed by atoms with Gasteiger partial charge in [0.25, 0.3) is 5.91 Å². The number of benzene rings is 2. The Bertz CT molecular complexity index is 726. The SMILES string of the molecule is COc1cc(CCNC(=O)COc2ccc(Cl)cc2)ccc1OC(F)F. The molecule has 0 spiro atoms. The lowest BCUT2D eigenvalue weighted by atomic mass is 10.1. The van der Waals surface area contributed by atoms with Crippen molar-refractivity contribution >= 4 is 17.5 Å². The van der Waals surface area contributed by atoms with Crippen molar-refractivity contribution < 1.29 is 27.8 Å². The number of alkyl halides is 2. The summed E-state index contributed by atoms with van der Waals surface area (Å²) < 4.78 is 39.3. The molecule has 0 aliphatic rings. The first-order valence-corrected chi connectivity index (χ1v) is 8.12. The number of halogens is 3. The molecule has 0 aromatic heterocycles. The highest BCUT2D eigenvalue weighted by Crippen LogP contribution is 2.29. The molecule has 1 amide bonds. The van der Waals surface area contributed by atoms with Crippen molar-refractivity contribution in [3.05, 3.63) is 53.1 Å². The van der Waals surface area contributed by atoms with E-state index in [-0.39, 0.29) is 24.0 Å². The summed E-state index contributed by atoms with van der Waals surface area (Å²) in [6.07, 6.45) is 0.498. The molecule has 0 aliphatic heterocycles. The highest BCUT2D eigenvalue weighted by molar-refractivity contribution is 6.30. The topological polar surface area (TPSA) is 56.8 Å². The molecule has 1 N–H and O–H groups in total. The van der Waals surface area contributed by atoms with E-state index in [1.165, 1.54) is 13.2 Å². The Morgan fingerprint density at radius 2 is 1.88 bits per heavy atom. The molecular formula is C18H18ClF2NO4. The summed E-state index contributed by atoms with van der Waals surface area (Å²) in [5.41, 5.74) is 0.808. The summed E-state index contributed by atoms with van der Waals surface area (Å²) in [6, 6.07) is 11.3. The maximum atomic E-state index is 12.3. The number of rotatable bonds is 9. The zero-order valence-corrected chi connectivity index (χ0v) is 14.8. The van der Waals surface area contributed by atoms with Gasteiger partial charge in [-0.2, -0.15) is 8.78 Å². The minimum absolute atomic E-state index is 0.0355. The van der Waals surface area contributed by atoms with Gasteiger partial charge in [0.05, 0.1) is 7.11 Å². The number of ether oxygens (including phenoxy) is 3. The number of hydrogen-bond acceptors (Lipinski definition) is 4. The molecule has 0 saturated carbocycles. The first kappa shape index (κ1) is 19.8. The lowest BCUT2D eigenvalue weighted by molar-refractivity contribution is -0.123.